The number of allylic oxidation sites excluding steroid dienone is 5. The van der Waals surface area contributed by atoms with Gasteiger partial charge in [0.2, 0.25) is 5.91 Å². The van der Waals surface area contributed by atoms with Gasteiger partial charge < -0.3 is 10.4 Å². The van der Waals surface area contributed by atoms with Gasteiger partial charge in [-0.3, -0.25) is 9.69 Å². The van der Waals surface area contributed by atoms with Crippen LogP contribution in [0.25, 0.3) is 0 Å². The fourth-order valence-electron chi connectivity index (χ4n) is 4.05. The molecule has 3 atom stereocenters. The molecule has 1 aliphatic heterocycles. The second kappa shape index (κ2) is 12.1. The second-order valence-corrected chi connectivity index (χ2v) is 8.66. The average Bonchev–Trinajstić information content (AvgIpc) is 2.61. The number of carbonyl (C=O) groups is 1. The van der Waals surface area contributed by atoms with Gasteiger partial charge in [0.1, 0.15) is 0 Å². The van der Waals surface area contributed by atoms with E-state index in [0.717, 1.165) is 18.9 Å². The molecule has 4 nitrogen and oxygen atoms in total. The van der Waals surface area contributed by atoms with Crippen molar-refractivity contribution < 1.29 is 9.90 Å². The van der Waals surface area contributed by atoms with E-state index in [1.54, 1.807) is 6.08 Å². The number of piperidine rings is 1. The maximum absolute atomic E-state index is 12.5. The first-order valence-corrected chi connectivity index (χ1v) is 10.4. The van der Waals surface area contributed by atoms with Gasteiger partial charge in [-0.2, -0.15) is 0 Å². The van der Waals surface area contributed by atoms with Crippen molar-refractivity contribution in [1.29, 1.82) is 0 Å². The van der Waals surface area contributed by atoms with Gasteiger partial charge in [-0.15, -0.1) is 0 Å². The van der Waals surface area contributed by atoms with Crippen molar-refractivity contribution in [2.24, 2.45) is 11.8 Å². The minimum Gasteiger partial charge on any atom is -0.395 e. The van der Waals surface area contributed by atoms with Crippen LogP contribution >= 0.6 is 0 Å². The normalized spacial score (nSPS) is 26.3. The maximum atomic E-state index is 12.5. The predicted octanol–water partition coefficient (Wildman–Crippen LogP) is 4.08. The third kappa shape index (κ3) is 8.89. The summed E-state index contributed by atoms with van der Waals surface area (Å²) in [5, 5.41) is 12.4. The Morgan fingerprint density at radius 1 is 1.19 bits per heavy atom. The number of fused-ring (bicyclic) bond motifs is 1. The Morgan fingerprint density at radius 2 is 1.85 bits per heavy atom. The summed E-state index contributed by atoms with van der Waals surface area (Å²) in [6.45, 7) is 13.3. The second-order valence-electron chi connectivity index (χ2n) is 8.66. The molecule has 1 saturated carbocycles. The number of aliphatic hydroxyl groups is 1. The van der Waals surface area contributed by atoms with Crippen LogP contribution in [0.5, 0.6) is 0 Å². The Hall–Kier alpha value is -1.39. The lowest BCUT2D eigenvalue weighted by Crippen LogP contribution is -2.57. The summed E-state index contributed by atoms with van der Waals surface area (Å²) < 4.78 is 0. The van der Waals surface area contributed by atoms with Crippen molar-refractivity contribution in [2.75, 3.05) is 19.7 Å². The molecule has 2 fully saturated rings. The molecule has 1 heterocycles. The summed E-state index contributed by atoms with van der Waals surface area (Å²) in [6.07, 6.45) is 15.7. The molecule has 154 valence electrons. The Balaban J connectivity index is 0.000000445. The molecule has 2 rings (SSSR count). The molecular formula is C23H40N2O2. The van der Waals surface area contributed by atoms with Gasteiger partial charge in [-0.05, 0) is 52.4 Å². The molecule has 27 heavy (non-hydrogen) atoms. The van der Waals surface area contributed by atoms with E-state index in [4.69, 9.17) is 0 Å². The highest BCUT2D eigenvalue weighted by Gasteiger charge is 2.40. The molecule has 0 aromatic rings. The highest BCUT2D eigenvalue weighted by atomic mass is 16.3. The summed E-state index contributed by atoms with van der Waals surface area (Å²) >= 11 is 0. The van der Waals surface area contributed by atoms with Crippen molar-refractivity contribution in [3.63, 3.8) is 0 Å². The van der Waals surface area contributed by atoms with Crippen LogP contribution in [-0.2, 0) is 4.79 Å². The Bertz CT molecular complexity index is 505. The first kappa shape index (κ1) is 23.6. The van der Waals surface area contributed by atoms with Crippen LogP contribution in [0.4, 0.5) is 0 Å². The number of rotatable bonds is 5. The van der Waals surface area contributed by atoms with Crippen LogP contribution in [0.3, 0.4) is 0 Å². The van der Waals surface area contributed by atoms with E-state index in [1.807, 2.05) is 52.0 Å². The van der Waals surface area contributed by atoms with Gasteiger partial charge in [0.25, 0.3) is 0 Å². The predicted molar refractivity (Wildman–Crippen MR) is 115 cm³/mol. The fraction of sp³-hybridized carbons (Fsp3) is 0.696. The van der Waals surface area contributed by atoms with Crippen molar-refractivity contribution in [3.8, 4) is 0 Å². The summed E-state index contributed by atoms with van der Waals surface area (Å²) in [6, 6.07) is -0.0549. The molecule has 2 aliphatic rings. The van der Waals surface area contributed by atoms with E-state index >= 15 is 0 Å². The summed E-state index contributed by atoms with van der Waals surface area (Å²) in [4.78, 5) is 14.7. The van der Waals surface area contributed by atoms with Crippen LogP contribution in [0.15, 0.2) is 37.0 Å². The summed E-state index contributed by atoms with van der Waals surface area (Å²) in [7, 11) is 0. The first-order valence-electron chi connectivity index (χ1n) is 10.4. The molecule has 1 aliphatic carbocycles. The quantitative estimate of drug-likeness (QED) is 0.711. The van der Waals surface area contributed by atoms with Crippen molar-refractivity contribution >= 4 is 5.91 Å². The van der Waals surface area contributed by atoms with Crippen LogP contribution in [0, 0.1) is 11.8 Å². The zero-order valence-electron chi connectivity index (χ0n) is 17.8. The zero-order chi connectivity index (χ0) is 20.3. The Kier molecular flexibility index (Phi) is 10.6. The molecule has 1 amide bonds. The number of nitrogens with zero attached hydrogens (tertiary/aromatic N) is 1. The van der Waals surface area contributed by atoms with E-state index in [-0.39, 0.29) is 24.1 Å². The SMILES string of the molecule is C=C/C=C\C=C/C.CC(C)(C)NC(=O)C1CC2CCCCC2CN1CCO. The highest BCUT2D eigenvalue weighted by Crippen LogP contribution is 2.38. The van der Waals surface area contributed by atoms with E-state index in [0.29, 0.717) is 12.5 Å². The van der Waals surface area contributed by atoms with Crippen LogP contribution in [0.1, 0.15) is 59.8 Å². The minimum absolute atomic E-state index is 0.0549. The largest absolute Gasteiger partial charge is 0.395 e. The Morgan fingerprint density at radius 3 is 2.41 bits per heavy atom. The van der Waals surface area contributed by atoms with Gasteiger partial charge >= 0.3 is 0 Å². The topological polar surface area (TPSA) is 52.6 Å². The van der Waals surface area contributed by atoms with Gasteiger partial charge in [-0.1, -0.05) is 56.2 Å². The van der Waals surface area contributed by atoms with E-state index in [1.165, 1.54) is 25.7 Å². The smallest absolute Gasteiger partial charge is 0.237 e. The number of amides is 1. The lowest BCUT2D eigenvalue weighted by atomic mass is 9.72. The number of hydrogen-bond acceptors (Lipinski definition) is 3. The molecule has 0 bridgehead atoms. The van der Waals surface area contributed by atoms with Gasteiger partial charge in [-0.25, -0.2) is 0 Å². The van der Waals surface area contributed by atoms with Gasteiger partial charge in [0.15, 0.2) is 0 Å². The molecule has 0 spiro atoms. The summed E-state index contributed by atoms with van der Waals surface area (Å²) in [5.41, 5.74) is -0.189. The minimum atomic E-state index is -0.189. The molecular weight excluding hydrogens is 336 g/mol. The molecule has 2 N–H and O–H groups in total. The van der Waals surface area contributed by atoms with E-state index in [2.05, 4.69) is 16.8 Å². The third-order valence-corrected chi connectivity index (χ3v) is 5.24. The first-order chi connectivity index (χ1) is 12.8. The van der Waals surface area contributed by atoms with Crippen LogP contribution in [-0.4, -0.2) is 47.2 Å². The maximum Gasteiger partial charge on any atom is 0.237 e. The monoisotopic (exact) mass is 376 g/mol. The van der Waals surface area contributed by atoms with Gasteiger partial charge in [0.05, 0.1) is 12.6 Å². The average molecular weight is 377 g/mol. The molecule has 0 radical (unpaired) electrons. The third-order valence-electron chi connectivity index (χ3n) is 5.24. The van der Waals surface area contributed by atoms with Crippen LogP contribution in [0.2, 0.25) is 0 Å². The Labute approximate surface area is 166 Å². The highest BCUT2D eigenvalue weighted by molar-refractivity contribution is 5.82. The van der Waals surface area contributed by atoms with Crippen molar-refractivity contribution in [3.05, 3.63) is 37.0 Å². The van der Waals surface area contributed by atoms with Crippen LogP contribution < -0.4 is 5.32 Å². The van der Waals surface area contributed by atoms with Gasteiger partial charge in [0, 0.05) is 18.6 Å². The molecule has 4 heteroatoms. The number of carbonyl (C=O) groups excluding carboxylic acids is 1. The standard InChI is InChI=1S/C16H30N2O2.C7H10/c1-16(2,3)17-15(20)14-10-12-6-4-5-7-13(12)11-18(14)8-9-19;1-3-5-7-6-4-2/h12-14,19H,4-11H2,1-3H3,(H,17,20);3-7H,1H2,2H3/b;6-4-,7-5-. The fourth-order valence-corrected chi connectivity index (χ4v) is 4.05. The zero-order valence-corrected chi connectivity index (χ0v) is 17.8. The van der Waals surface area contributed by atoms with Crippen molar-refractivity contribution in [1.82, 2.24) is 10.2 Å². The number of β-amino-alcohol motifs (C(OH)–C–C–N with tert-alkyl or cyclic N) is 1. The molecule has 1 saturated heterocycles. The van der Waals surface area contributed by atoms with Crippen molar-refractivity contribution in [2.45, 2.75) is 71.4 Å². The number of hydrogen-bond donors (Lipinski definition) is 2. The lowest BCUT2D eigenvalue weighted by molar-refractivity contribution is -0.131. The molecule has 0 aromatic heterocycles. The number of likely N-dealkylation sites (tertiary alicyclic amines) is 1. The number of nitrogens with one attached hydrogen (secondary N) is 1. The molecule has 3 unspecified atom stereocenters. The van der Waals surface area contributed by atoms with E-state index < -0.39 is 0 Å². The summed E-state index contributed by atoms with van der Waals surface area (Å²) in [5.74, 6) is 1.57. The number of aliphatic hydroxyl groups excluding tert-OH is 1. The lowest BCUT2D eigenvalue weighted by Gasteiger charge is -2.45. The van der Waals surface area contributed by atoms with E-state index in [9.17, 15) is 9.90 Å². The molecule has 0 aromatic carbocycles.